The molecule has 26 heavy (non-hydrogen) atoms. The maximum Gasteiger partial charge on any atom is 0.323 e. The molecule has 0 spiro atoms. The normalized spacial score (nSPS) is 11.8. The number of amides is 2. The zero-order chi connectivity index (χ0) is 19.7. The van der Waals surface area contributed by atoms with Crippen molar-refractivity contribution in [2.24, 2.45) is 0 Å². The SMILES string of the molecule is Nc1ccc(NC(=O)Nc2ccc(N)cc2S(=O)(=O)O)c(S(=O)(=O)O)c1. The lowest BCUT2D eigenvalue weighted by Crippen LogP contribution is -2.22. The van der Waals surface area contributed by atoms with Gasteiger partial charge in [-0.25, -0.2) is 4.79 Å². The number of benzene rings is 2. The standard InChI is InChI=1S/C13H14N4O7S2/c14-7-1-3-9(11(5-7)25(19,20)21)16-13(18)17-10-4-2-8(15)6-12(10)26(22,23)24/h1-6H,14-15H2,(H2,16,17,18)(H,19,20,21)(H,22,23,24). The first-order chi connectivity index (χ1) is 11.9. The summed E-state index contributed by atoms with van der Waals surface area (Å²) in [5, 5.41) is 4.27. The fourth-order valence-electron chi connectivity index (χ4n) is 1.99. The molecule has 0 aromatic heterocycles. The van der Waals surface area contributed by atoms with Crippen LogP contribution in [0.4, 0.5) is 27.5 Å². The molecule has 0 saturated carbocycles. The van der Waals surface area contributed by atoms with Crippen LogP contribution in [0.15, 0.2) is 46.2 Å². The van der Waals surface area contributed by atoms with Gasteiger partial charge in [0.15, 0.2) is 0 Å². The van der Waals surface area contributed by atoms with E-state index in [2.05, 4.69) is 10.6 Å². The summed E-state index contributed by atoms with van der Waals surface area (Å²) in [5.41, 5.74) is 10.3. The molecule has 11 nitrogen and oxygen atoms in total. The highest BCUT2D eigenvalue weighted by Gasteiger charge is 2.20. The average Bonchev–Trinajstić information content (AvgIpc) is 2.49. The van der Waals surface area contributed by atoms with Gasteiger partial charge in [0.05, 0.1) is 11.4 Å². The van der Waals surface area contributed by atoms with Crippen LogP contribution in [0.5, 0.6) is 0 Å². The predicted octanol–water partition coefficient (Wildman–Crippen LogP) is 0.988. The van der Waals surface area contributed by atoms with E-state index in [0.29, 0.717) is 0 Å². The number of carbonyl (C=O) groups excluding carboxylic acids is 1. The number of anilines is 4. The number of hydrogen-bond acceptors (Lipinski definition) is 7. The van der Waals surface area contributed by atoms with Gasteiger partial charge in [-0.3, -0.25) is 9.11 Å². The lowest BCUT2D eigenvalue weighted by molar-refractivity contribution is 0.262. The Kier molecular flexibility index (Phi) is 5.09. The number of nitrogens with one attached hydrogen (secondary N) is 2. The molecule has 0 heterocycles. The molecule has 0 unspecified atom stereocenters. The summed E-state index contributed by atoms with van der Waals surface area (Å²) < 4.78 is 63.9. The van der Waals surface area contributed by atoms with Gasteiger partial charge in [-0.1, -0.05) is 0 Å². The number of nitrogen functional groups attached to an aromatic ring is 2. The van der Waals surface area contributed by atoms with Gasteiger partial charge in [0, 0.05) is 11.4 Å². The molecular weight excluding hydrogens is 388 g/mol. The zero-order valence-corrected chi connectivity index (χ0v) is 14.5. The minimum Gasteiger partial charge on any atom is -0.399 e. The Bertz CT molecular complexity index is 996. The van der Waals surface area contributed by atoms with Crippen LogP contribution >= 0.6 is 0 Å². The van der Waals surface area contributed by atoms with Gasteiger partial charge < -0.3 is 22.1 Å². The Labute approximate surface area is 148 Å². The van der Waals surface area contributed by atoms with Crippen molar-refractivity contribution >= 4 is 49.0 Å². The van der Waals surface area contributed by atoms with Crippen molar-refractivity contribution in [3.8, 4) is 0 Å². The third kappa shape index (κ3) is 4.60. The van der Waals surface area contributed by atoms with Crippen molar-refractivity contribution < 1.29 is 30.7 Å². The molecule has 0 fully saturated rings. The molecule has 2 amide bonds. The van der Waals surface area contributed by atoms with E-state index < -0.39 is 36.1 Å². The molecule has 0 aliphatic rings. The fourth-order valence-corrected chi connectivity index (χ4v) is 3.35. The molecule has 0 aliphatic heterocycles. The fraction of sp³-hybridized carbons (Fsp3) is 0. The topological polar surface area (TPSA) is 202 Å². The summed E-state index contributed by atoms with van der Waals surface area (Å²) in [5.74, 6) is 0. The third-order valence-electron chi connectivity index (χ3n) is 3.06. The van der Waals surface area contributed by atoms with Crippen molar-refractivity contribution in [2.45, 2.75) is 9.79 Å². The lowest BCUT2D eigenvalue weighted by Gasteiger charge is -2.13. The average molecular weight is 402 g/mol. The minimum atomic E-state index is -4.69. The minimum absolute atomic E-state index is 0.0239. The number of carbonyl (C=O) groups is 1. The quantitative estimate of drug-likeness (QED) is 0.318. The largest absolute Gasteiger partial charge is 0.399 e. The molecule has 140 valence electrons. The van der Waals surface area contributed by atoms with Crippen LogP contribution < -0.4 is 22.1 Å². The Morgan fingerprint density at radius 3 is 1.42 bits per heavy atom. The summed E-state index contributed by atoms with van der Waals surface area (Å²) in [6, 6.07) is 5.62. The molecule has 0 radical (unpaired) electrons. The highest BCUT2D eigenvalue weighted by molar-refractivity contribution is 7.86. The van der Waals surface area contributed by atoms with Gasteiger partial charge in [-0.2, -0.15) is 16.8 Å². The van der Waals surface area contributed by atoms with E-state index >= 15 is 0 Å². The van der Waals surface area contributed by atoms with Crippen molar-refractivity contribution in [1.29, 1.82) is 0 Å². The number of urea groups is 1. The third-order valence-corrected chi connectivity index (χ3v) is 4.85. The second-order valence-corrected chi connectivity index (χ2v) is 7.82. The highest BCUT2D eigenvalue weighted by atomic mass is 32.2. The van der Waals surface area contributed by atoms with Crippen LogP contribution in [0.2, 0.25) is 0 Å². The van der Waals surface area contributed by atoms with Crippen LogP contribution in [0.25, 0.3) is 0 Å². The summed E-state index contributed by atoms with van der Waals surface area (Å²) in [6.45, 7) is 0. The molecule has 13 heteroatoms. The van der Waals surface area contributed by atoms with Gasteiger partial charge in [-0.05, 0) is 36.4 Å². The Hall–Kier alpha value is -2.87. The first-order valence-electron chi connectivity index (χ1n) is 6.70. The molecule has 0 atom stereocenters. The van der Waals surface area contributed by atoms with Gasteiger partial charge in [0.2, 0.25) is 0 Å². The van der Waals surface area contributed by atoms with Crippen molar-refractivity contribution in [3.05, 3.63) is 36.4 Å². The van der Waals surface area contributed by atoms with Crippen molar-refractivity contribution in [1.82, 2.24) is 0 Å². The van der Waals surface area contributed by atoms with Crippen LogP contribution in [0.1, 0.15) is 0 Å². The molecule has 0 aliphatic carbocycles. The van der Waals surface area contributed by atoms with Crippen LogP contribution in [-0.4, -0.2) is 32.0 Å². The molecule has 2 aromatic rings. The lowest BCUT2D eigenvalue weighted by atomic mass is 10.3. The Morgan fingerprint density at radius 1 is 0.769 bits per heavy atom. The second kappa shape index (κ2) is 6.80. The first kappa shape index (κ1) is 19.5. The smallest absolute Gasteiger partial charge is 0.323 e. The van der Waals surface area contributed by atoms with Gasteiger partial charge in [0.1, 0.15) is 9.79 Å². The van der Waals surface area contributed by atoms with E-state index in [-0.39, 0.29) is 22.7 Å². The summed E-state index contributed by atoms with van der Waals surface area (Å²) in [4.78, 5) is 10.8. The van der Waals surface area contributed by atoms with Crippen molar-refractivity contribution in [2.75, 3.05) is 22.1 Å². The maximum atomic E-state index is 12.1. The Balaban J connectivity index is 2.35. The summed E-state index contributed by atoms with van der Waals surface area (Å²) in [6.07, 6.45) is 0. The van der Waals surface area contributed by atoms with Gasteiger partial charge in [0.25, 0.3) is 20.2 Å². The maximum absolute atomic E-state index is 12.1. The summed E-state index contributed by atoms with van der Waals surface area (Å²) >= 11 is 0. The number of rotatable bonds is 4. The molecule has 0 saturated heterocycles. The van der Waals surface area contributed by atoms with Gasteiger partial charge in [-0.15, -0.1) is 0 Å². The molecule has 0 bridgehead atoms. The molecule has 8 N–H and O–H groups in total. The Morgan fingerprint density at radius 2 is 1.12 bits per heavy atom. The van der Waals surface area contributed by atoms with E-state index in [9.17, 15) is 30.7 Å². The number of nitrogens with two attached hydrogens (primary N) is 2. The van der Waals surface area contributed by atoms with E-state index in [4.69, 9.17) is 11.5 Å². The number of hydrogen-bond donors (Lipinski definition) is 6. The van der Waals surface area contributed by atoms with Crippen LogP contribution in [0.3, 0.4) is 0 Å². The summed E-state index contributed by atoms with van der Waals surface area (Å²) in [7, 11) is -9.37. The van der Waals surface area contributed by atoms with E-state index in [0.717, 1.165) is 24.3 Å². The molecule has 2 rings (SSSR count). The first-order valence-corrected chi connectivity index (χ1v) is 9.58. The monoisotopic (exact) mass is 402 g/mol. The van der Waals surface area contributed by atoms with E-state index in [1.165, 1.54) is 12.1 Å². The van der Waals surface area contributed by atoms with Crippen LogP contribution in [0, 0.1) is 0 Å². The van der Waals surface area contributed by atoms with Crippen molar-refractivity contribution in [3.63, 3.8) is 0 Å². The van der Waals surface area contributed by atoms with Gasteiger partial charge >= 0.3 is 6.03 Å². The molecule has 2 aromatic carbocycles. The second-order valence-electron chi connectivity index (χ2n) is 5.04. The molecular formula is C13H14N4O7S2. The van der Waals surface area contributed by atoms with Crippen LogP contribution in [-0.2, 0) is 20.2 Å². The van der Waals surface area contributed by atoms with E-state index in [1.807, 2.05) is 0 Å². The zero-order valence-electron chi connectivity index (χ0n) is 12.9. The highest BCUT2D eigenvalue weighted by Crippen LogP contribution is 2.26. The predicted molar refractivity (Wildman–Crippen MR) is 94.0 cm³/mol. The van der Waals surface area contributed by atoms with E-state index in [1.54, 1.807) is 0 Å².